The number of amides is 1. The molecule has 0 aromatic heterocycles. The molecular weight excluding hydrogens is 248 g/mol. The first-order valence-corrected chi connectivity index (χ1v) is 6.82. The number of likely N-dealkylation sites (tertiary alicyclic amines) is 1. The van der Waals surface area contributed by atoms with E-state index in [0.717, 1.165) is 12.8 Å². The number of carbonyl (C=O) groups excluding carboxylic acids is 2. The van der Waals surface area contributed by atoms with Gasteiger partial charge in [0.05, 0.1) is 19.3 Å². The van der Waals surface area contributed by atoms with E-state index < -0.39 is 6.04 Å². The van der Waals surface area contributed by atoms with Crippen molar-refractivity contribution in [3.8, 4) is 0 Å². The summed E-state index contributed by atoms with van der Waals surface area (Å²) in [7, 11) is 3.02. The smallest absolute Gasteiger partial charge is 0.328 e. The van der Waals surface area contributed by atoms with Crippen LogP contribution < -0.4 is 5.32 Å². The van der Waals surface area contributed by atoms with Crippen LogP contribution in [0.5, 0.6) is 0 Å². The van der Waals surface area contributed by atoms with Crippen molar-refractivity contribution in [3.63, 3.8) is 0 Å². The molecule has 2 heterocycles. The van der Waals surface area contributed by atoms with Crippen molar-refractivity contribution >= 4 is 11.9 Å². The minimum absolute atomic E-state index is 0.00495. The quantitative estimate of drug-likeness (QED) is 0.726. The van der Waals surface area contributed by atoms with Gasteiger partial charge < -0.3 is 19.7 Å². The van der Waals surface area contributed by atoms with Crippen molar-refractivity contribution in [3.05, 3.63) is 0 Å². The highest BCUT2D eigenvalue weighted by Gasteiger charge is 2.38. The first-order chi connectivity index (χ1) is 9.17. The van der Waals surface area contributed by atoms with E-state index >= 15 is 0 Å². The van der Waals surface area contributed by atoms with E-state index in [9.17, 15) is 9.59 Å². The second-order valence-corrected chi connectivity index (χ2v) is 5.12. The SMILES string of the molecule is COC(=O)C1CCCCN1C(=O)C1CC(OC)CN1. The van der Waals surface area contributed by atoms with Gasteiger partial charge in [-0.2, -0.15) is 0 Å². The fraction of sp³-hybridized carbons (Fsp3) is 0.846. The maximum Gasteiger partial charge on any atom is 0.328 e. The number of hydrogen-bond donors (Lipinski definition) is 1. The van der Waals surface area contributed by atoms with Crippen LogP contribution in [-0.4, -0.2) is 62.3 Å². The summed E-state index contributed by atoms with van der Waals surface area (Å²) >= 11 is 0. The molecule has 3 atom stereocenters. The van der Waals surface area contributed by atoms with Gasteiger partial charge in [0.15, 0.2) is 0 Å². The number of esters is 1. The zero-order valence-corrected chi connectivity index (χ0v) is 11.6. The summed E-state index contributed by atoms with van der Waals surface area (Å²) in [5.41, 5.74) is 0. The molecule has 2 aliphatic rings. The fourth-order valence-corrected chi connectivity index (χ4v) is 2.85. The van der Waals surface area contributed by atoms with Gasteiger partial charge in [-0.15, -0.1) is 0 Å². The minimum atomic E-state index is -0.422. The molecule has 1 N–H and O–H groups in total. The highest BCUT2D eigenvalue weighted by atomic mass is 16.5. The summed E-state index contributed by atoms with van der Waals surface area (Å²) in [4.78, 5) is 25.9. The molecular formula is C13H22N2O4. The van der Waals surface area contributed by atoms with Crippen LogP contribution in [0.2, 0.25) is 0 Å². The fourth-order valence-electron chi connectivity index (χ4n) is 2.85. The Balaban J connectivity index is 2.01. The Morgan fingerprint density at radius 1 is 1.26 bits per heavy atom. The first-order valence-electron chi connectivity index (χ1n) is 6.82. The number of hydrogen-bond acceptors (Lipinski definition) is 5. The molecule has 2 fully saturated rings. The Hall–Kier alpha value is -1.14. The van der Waals surface area contributed by atoms with Crippen molar-refractivity contribution in [2.45, 2.75) is 43.9 Å². The standard InChI is InChI=1S/C13H22N2O4/c1-18-9-7-10(14-8-9)12(16)15-6-4-3-5-11(15)13(17)19-2/h9-11,14H,3-8H2,1-2H3. The van der Waals surface area contributed by atoms with Crippen molar-refractivity contribution in [2.75, 3.05) is 27.3 Å². The zero-order valence-electron chi connectivity index (χ0n) is 11.6. The molecule has 0 aromatic carbocycles. The summed E-state index contributed by atoms with van der Waals surface area (Å²) in [5.74, 6) is -0.316. The summed E-state index contributed by atoms with van der Waals surface area (Å²) in [6, 6.07) is -0.662. The molecule has 0 aliphatic carbocycles. The van der Waals surface area contributed by atoms with E-state index in [0.29, 0.717) is 25.9 Å². The van der Waals surface area contributed by atoms with E-state index in [1.165, 1.54) is 7.11 Å². The van der Waals surface area contributed by atoms with E-state index in [2.05, 4.69) is 5.32 Å². The monoisotopic (exact) mass is 270 g/mol. The molecule has 0 spiro atoms. The van der Waals surface area contributed by atoms with Gasteiger partial charge >= 0.3 is 5.97 Å². The summed E-state index contributed by atoms with van der Waals surface area (Å²) in [6.07, 6.45) is 3.34. The van der Waals surface area contributed by atoms with Crippen LogP contribution in [-0.2, 0) is 19.1 Å². The maximum atomic E-state index is 12.5. The van der Waals surface area contributed by atoms with Gasteiger partial charge in [0.1, 0.15) is 6.04 Å². The third-order valence-corrected chi connectivity index (χ3v) is 3.98. The van der Waals surface area contributed by atoms with Crippen molar-refractivity contribution in [2.24, 2.45) is 0 Å². The van der Waals surface area contributed by atoms with Crippen LogP contribution >= 0.6 is 0 Å². The van der Waals surface area contributed by atoms with E-state index in [-0.39, 0.29) is 24.0 Å². The minimum Gasteiger partial charge on any atom is -0.467 e. The van der Waals surface area contributed by atoms with Crippen LogP contribution in [0.1, 0.15) is 25.7 Å². The molecule has 3 unspecified atom stereocenters. The topological polar surface area (TPSA) is 67.9 Å². The molecule has 0 saturated carbocycles. The first kappa shape index (κ1) is 14.3. The van der Waals surface area contributed by atoms with Crippen molar-refractivity contribution in [1.29, 1.82) is 0 Å². The predicted molar refractivity (Wildman–Crippen MR) is 68.6 cm³/mol. The molecule has 108 valence electrons. The van der Waals surface area contributed by atoms with Crippen LogP contribution in [0.4, 0.5) is 0 Å². The molecule has 2 aliphatic heterocycles. The lowest BCUT2D eigenvalue weighted by Gasteiger charge is -2.35. The van der Waals surface area contributed by atoms with Gasteiger partial charge in [-0.1, -0.05) is 0 Å². The largest absolute Gasteiger partial charge is 0.467 e. The molecule has 6 heteroatoms. The number of nitrogens with one attached hydrogen (secondary N) is 1. The Kier molecular flexibility index (Phi) is 4.76. The normalized spacial score (nSPS) is 31.3. The lowest BCUT2D eigenvalue weighted by Crippen LogP contribution is -2.53. The highest BCUT2D eigenvalue weighted by Crippen LogP contribution is 2.21. The molecule has 1 amide bonds. The summed E-state index contributed by atoms with van der Waals surface area (Å²) < 4.78 is 10.0. The average Bonchev–Trinajstić information content (AvgIpc) is 2.94. The molecule has 2 saturated heterocycles. The average molecular weight is 270 g/mol. The lowest BCUT2D eigenvalue weighted by atomic mass is 10.0. The second-order valence-electron chi connectivity index (χ2n) is 5.12. The van der Waals surface area contributed by atoms with E-state index in [1.807, 2.05) is 0 Å². The third-order valence-electron chi connectivity index (χ3n) is 3.98. The summed E-state index contributed by atoms with van der Waals surface area (Å²) in [6.45, 7) is 1.32. The van der Waals surface area contributed by atoms with E-state index in [1.54, 1.807) is 12.0 Å². The Bertz CT molecular complexity index is 348. The Morgan fingerprint density at radius 2 is 2.05 bits per heavy atom. The van der Waals surface area contributed by atoms with Crippen LogP contribution in [0, 0.1) is 0 Å². The third kappa shape index (κ3) is 3.06. The lowest BCUT2D eigenvalue weighted by molar-refractivity contribution is -0.155. The van der Waals surface area contributed by atoms with Gasteiger partial charge in [-0.05, 0) is 25.7 Å². The van der Waals surface area contributed by atoms with Gasteiger partial charge in [0.2, 0.25) is 5.91 Å². The highest BCUT2D eigenvalue weighted by molar-refractivity contribution is 5.88. The van der Waals surface area contributed by atoms with Gasteiger partial charge in [0.25, 0.3) is 0 Å². The number of carbonyl (C=O) groups is 2. The Labute approximate surface area is 113 Å². The number of ether oxygens (including phenoxy) is 2. The Morgan fingerprint density at radius 3 is 2.68 bits per heavy atom. The van der Waals surface area contributed by atoms with Gasteiger partial charge in [0, 0.05) is 20.2 Å². The number of nitrogens with zero attached hydrogens (tertiary/aromatic N) is 1. The zero-order chi connectivity index (χ0) is 13.8. The van der Waals surface area contributed by atoms with E-state index in [4.69, 9.17) is 9.47 Å². The predicted octanol–water partition coefficient (Wildman–Crippen LogP) is -0.0826. The number of piperidine rings is 1. The molecule has 0 bridgehead atoms. The number of rotatable bonds is 3. The van der Waals surface area contributed by atoms with Crippen LogP contribution in [0.15, 0.2) is 0 Å². The van der Waals surface area contributed by atoms with Gasteiger partial charge in [-0.3, -0.25) is 4.79 Å². The molecule has 0 aromatic rings. The summed E-state index contributed by atoms with van der Waals surface area (Å²) in [5, 5.41) is 3.16. The molecule has 2 rings (SSSR count). The van der Waals surface area contributed by atoms with Crippen LogP contribution in [0.3, 0.4) is 0 Å². The number of methoxy groups -OCH3 is 2. The molecule has 19 heavy (non-hydrogen) atoms. The van der Waals surface area contributed by atoms with Gasteiger partial charge in [-0.25, -0.2) is 4.79 Å². The van der Waals surface area contributed by atoms with Crippen molar-refractivity contribution in [1.82, 2.24) is 10.2 Å². The molecule has 0 radical (unpaired) electrons. The molecule has 6 nitrogen and oxygen atoms in total. The maximum absolute atomic E-state index is 12.5. The second kappa shape index (κ2) is 6.34. The van der Waals surface area contributed by atoms with Crippen LogP contribution in [0.25, 0.3) is 0 Å². The van der Waals surface area contributed by atoms with Crippen molar-refractivity contribution < 1.29 is 19.1 Å².